The van der Waals surface area contributed by atoms with Gasteiger partial charge < -0.3 is 28.4 Å². The van der Waals surface area contributed by atoms with Gasteiger partial charge in [-0.25, -0.2) is 0 Å². The normalized spacial score (nSPS) is 12.9. The maximum Gasteiger partial charge on any atom is 0.310 e. The predicted octanol–water partition coefficient (Wildman–Crippen LogP) is 12.1. The predicted molar refractivity (Wildman–Crippen MR) is 271 cm³/mol. The lowest BCUT2D eigenvalue weighted by Gasteiger charge is -2.37. The maximum absolute atomic E-state index is 12.6. The number of carbonyl (C=O) groups excluding carboxylic acids is 1. The van der Waals surface area contributed by atoms with Crippen LogP contribution >= 0.6 is 159 Å². The van der Waals surface area contributed by atoms with Gasteiger partial charge >= 0.3 is 5.97 Å². The Balaban J connectivity index is 1.93. The van der Waals surface area contributed by atoms with Crippen LogP contribution in [0.15, 0.2) is 54.6 Å². The Morgan fingerprint density at radius 1 is 0.439 bits per heavy atom. The van der Waals surface area contributed by atoms with Crippen LogP contribution in [-0.2, 0) is 34.9 Å². The third-order valence-corrected chi connectivity index (χ3v) is 21.3. The number of aryl methyl sites for hydroxylation is 1. The van der Waals surface area contributed by atoms with Crippen LogP contribution in [0.4, 0.5) is 0 Å². The molecule has 0 aromatic heterocycles. The van der Waals surface area contributed by atoms with Crippen molar-refractivity contribution < 1.29 is 33.2 Å². The lowest BCUT2D eigenvalue weighted by atomic mass is 9.92. The zero-order chi connectivity index (χ0) is 42.3. The number of alkyl halides is 10. The number of carbonyl (C=O) groups is 1. The van der Waals surface area contributed by atoms with Crippen LogP contribution in [-0.4, -0.2) is 125 Å². The summed E-state index contributed by atoms with van der Waals surface area (Å²) >= 11 is 37.2. The van der Waals surface area contributed by atoms with Crippen molar-refractivity contribution in [3.05, 3.63) is 65.7 Å². The fraction of sp³-hybridized carbons (Fsp3) is 0.675. The molecule has 0 unspecified atom stereocenters. The molecule has 326 valence electrons. The summed E-state index contributed by atoms with van der Waals surface area (Å²) in [6, 6.07) is 17.7. The largest absolute Gasteiger partial charge is 0.493 e. The highest BCUT2D eigenvalue weighted by molar-refractivity contribution is 9.11. The summed E-state index contributed by atoms with van der Waals surface area (Å²) in [7, 11) is 0. The van der Waals surface area contributed by atoms with Gasteiger partial charge in [0.2, 0.25) is 0 Å². The average Bonchev–Trinajstić information content (AvgIpc) is 3.25. The van der Waals surface area contributed by atoms with E-state index in [1.807, 2.05) is 42.5 Å². The summed E-state index contributed by atoms with van der Waals surface area (Å²) < 4.78 is 37.7. The zero-order valence-corrected chi connectivity index (χ0v) is 48.0. The van der Waals surface area contributed by atoms with Gasteiger partial charge in [0.25, 0.3) is 0 Å². The average molecular weight is 1450 g/mol. The topological polar surface area (TPSA) is 72.5 Å². The third kappa shape index (κ3) is 19.2. The van der Waals surface area contributed by atoms with Gasteiger partial charge in [0.1, 0.15) is 12.4 Å². The van der Waals surface area contributed by atoms with Crippen LogP contribution in [0.25, 0.3) is 0 Å². The molecule has 2 aromatic carbocycles. The van der Waals surface area contributed by atoms with Crippen LogP contribution in [0.1, 0.15) is 11.1 Å². The smallest absolute Gasteiger partial charge is 0.310 e. The van der Waals surface area contributed by atoms with Gasteiger partial charge in [-0.05, 0) is 24.6 Å². The van der Waals surface area contributed by atoms with Crippen molar-refractivity contribution in [2.45, 2.75) is 13.3 Å². The van der Waals surface area contributed by atoms with Crippen molar-refractivity contribution in [3.8, 4) is 5.75 Å². The Morgan fingerprint density at radius 3 is 1.09 bits per heavy atom. The van der Waals surface area contributed by atoms with Crippen molar-refractivity contribution in [1.82, 2.24) is 0 Å². The van der Waals surface area contributed by atoms with Gasteiger partial charge in [0.15, 0.2) is 0 Å². The maximum atomic E-state index is 12.6. The molecule has 0 heterocycles. The van der Waals surface area contributed by atoms with Gasteiger partial charge in [0.05, 0.1) is 65.9 Å². The van der Waals surface area contributed by atoms with Crippen LogP contribution < -0.4 is 4.74 Å². The second kappa shape index (κ2) is 29.7. The van der Waals surface area contributed by atoms with E-state index in [9.17, 15) is 4.79 Å². The molecule has 2 rings (SSSR count). The van der Waals surface area contributed by atoms with Crippen molar-refractivity contribution in [2.24, 2.45) is 27.1 Å². The molecule has 0 aliphatic rings. The van der Waals surface area contributed by atoms with E-state index >= 15 is 0 Å². The number of halogens is 10. The number of benzene rings is 2. The van der Waals surface area contributed by atoms with E-state index in [4.69, 9.17) is 28.4 Å². The van der Waals surface area contributed by atoms with E-state index in [0.29, 0.717) is 102 Å². The second-order valence-electron chi connectivity index (χ2n) is 15.2. The minimum absolute atomic E-state index is 0.231. The fourth-order valence-corrected chi connectivity index (χ4v) is 12.9. The van der Waals surface area contributed by atoms with Crippen molar-refractivity contribution in [1.29, 1.82) is 0 Å². The summed E-state index contributed by atoms with van der Waals surface area (Å²) in [5.74, 6) is 0.584. The minimum atomic E-state index is -0.429. The molecular formula is C40H54Br10O7. The first-order chi connectivity index (χ1) is 27.4. The van der Waals surface area contributed by atoms with E-state index in [1.54, 1.807) is 0 Å². The van der Waals surface area contributed by atoms with Gasteiger partial charge in [-0.1, -0.05) is 207 Å². The molecule has 2 aromatic rings. The van der Waals surface area contributed by atoms with E-state index in [-0.39, 0.29) is 40.7 Å². The monoisotopic (exact) mass is 1440 g/mol. The molecule has 0 saturated heterocycles. The molecule has 17 heteroatoms. The first-order valence-electron chi connectivity index (χ1n) is 18.2. The van der Waals surface area contributed by atoms with Crippen LogP contribution in [0, 0.1) is 34.0 Å². The highest BCUT2D eigenvalue weighted by Crippen LogP contribution is 2.33. The molecule has 0 bridgehead atoms. The van der Waals surface area contributed by atoms with E-state index in [2.05, 4.69) is 178 Å². The summed E-state index contributed by atoms with van der Waals surface area (Å²) in [5, 5.41) is 6.76. The fourth-order valence-electron chi connectivity index (χ4n) is 5.01. The lowest BCUT2D eigenvalue weighted by molar-refractivity contribution is -0.147. The number of ether oxygens (including phenoxy) is 6. The molecule has 0 N–H and O–H groups in total. The van der Waals surface area contributed by atoms with Gasteiger partial charge in [0, 0.05) is 80.4 Å². The molecule has 7 nitrogen and oxygen atoms in total. The second-order valence-corrected chi connectivity index (χ2v) is 20.8. The SMILES string of the molecule is Cc1ccc(OCC(CBr)(CBr)COCC(CBr)(CBr)COCC(CBr)(CBr)COCC(CBr)(CBr)COCC(CBr)(CBr)COC(=O)Cc2ccccc2)cc1. The Morgan fingerprint density at radius 2 is 0.754 bits per heavy atom. The van der Waals surface area contributed by atoms with Crippen molar-refractivity contribution in [3.63, 3.8) is 0 Å². The molecule has 0 radical (unpaired) electrons. The summed E-state index contributed by atoms with van der Waals surface area (Å²) in [6.45, 7) is 6.57. The molecule has 0 amide bonds. The molecule has 0 spiro atoms. The Kier molecular flexibility index (Phi) is 28.9. The van der Waals surface area contributed by atoms with Crippen LogP contribution in [0.2, 0.25) is 0 Å². The number of esters is 1. The van der Waals surface area contributed by atoms with E-state index in [0.717, 1.165) is 22.0 Å². The lowest BCUT2D eigenvalue weighted by Crippen LogP contribution is -2.44. The van der Waals surface area contributed by atoms with E-state index < -0.39 is 5.41 Å². The van der Waals surface area contributed by atoms with Crippen molar-refractivity contribution in [2.75, 3.05) is 119 Å². The number of hydrogen-bond acceptors (Lipinski definition) is 7. The van der Waals surface area contributed by atoms with Gasteiger partial charge in [-0.15, -0.1) is 0 Å². The van der Waals surface area contributed by atoms with E-state index in [1.165, 1.54) is 5.56 Å². The first-order valence-corrected chi connectivity index (χ1v) is 29.4. The molecule has 57 heavy (non-hydrogen) atoms. The quantitative estimate of drug-likeness (QED) is 0.0521. The van der Waals surface area contributed by atoms with Gasteiger partial charge in [-0.2, -0.15) is 0 Å². The van der Waals surface area contributed by atoms with Crippen LogP contribution in [0.5, 0.6) is 5.75 Å². The third-order valence-electron chi connectivity index (χ3n) is 9.40. The molecule has 0 aliphatic carbocycles. The summed E-state index contributed by atoms with van der Waals surface area (Å²) in [6.07, 6.45) is 0.231. The minimum Gasteiger partial charge on any atom is -0.493 e. The zero-order valence-electron chi connectivity index (χ0n) is 32.2. The van der Waals surface area contributed by atoms with Gasteiger partial charge in [-0.3, -0.25) is 4.79 Å². The Hall–Kier alpha value is 2.35. The van der Waals surface area contributed by atoms with Crippen LogP contribution in [0.3, 0.4) is 0 Å². The Labute approximate surface area is 424 Å². The highest BCUT2D eigenvalue weighted by Gasteiger charge is 2.38. The number of rotatable bonds is 33. The molecule has 0 saturated carbocycles. The highest BCUT2D eigenvalue weighted by atomic mass is 79.9. The standard InChI is InChI=1S/C40H54Br10O7/c1-32-7-9-34(10-8-32)56-30-39(18-47,19-48)28-54-26-37(14-43,15-44)24-52-22-36(12-41,13-42)23-53-25-38(16-45,17-46)27-55-29-40(20-49,21-50)31-57-35(51)11-33-5-3-2-4-6-33/h2-10H,11-31H2,1H3. The summed E-state index contributed by atoms with van der Waals surface area (Å²) in [4.78, 5) is 12.6. The first kappa shape index (κ1) is 55.5. The Bertz CT molecular complexity index is 1360. The number of hydrogen-bond donors (Lipinski definition) is 0. The molecule has 0 aliphatic heterocycles. The van der Waals surface area contributed by atoms with Crippen molar-refractivity contribution >= 4 is 165 Å². The summed E-state index contributed by atoms with van der Waals surface area (Å²) in [5.41, 5.74) is 0.516. The molecular weight excluding hydrogens is 1390 g/mol. The molecule has 0 fully saturated rings. The molecule has 0 atom stereocenters.